The highest BCUT2D eigenvalue weighted by Crippen LogP contribution is 2.32. The van der Waals surface area contributed by atoms with Gasteiger partial charge in [-0.15, -0.1) is 0 Å². The van der Waals surface area contributed by atoms with Crippen molar-refractivity contribution in [2.24, 2.45) is 0 Å². The third-order valence-corrected chi connectivity index (χ3v) is 8.77. The van der Waals surface area contributed by atoms with Crippen LogP contribution in [0.1, 0.15) is 0 Å². The summed E-state index contributed by atoms with van der Waals surface area (Å²) in [6, 6.07) is 43.1. The van der Waals surface area contributed by atoms with Gasteiger partial charge in [0.15, 0.2) is 0 Å². The van der Waals surface area contributed by atoms with Crippen LogP contribution in [0.2, 0.25) is 0 Å². The molecule has 9 aromatic rings. The minimum atomic E-state index is -0.341. The molecule has 46 heavy (non-hydrogen) atoms. The summed E-state index contributed by atoms with van der Waals surface area (Å²) in [6.07, 6.45) is 0. The molecule has 0 spiro atoms. The number of rotatable bonds is 0. The first kappa shape index (κ1) is 26.0. The molecule has 6 nitrogen and oxygen atoms in total. The van der Waals surface area contributed by atoms with Gasteiger partial charge in [0.05, 0.1) is 22.1 Å². The molecule has 3 aromatic heterocycles. The molecular formula is C40H24N4O2. The van der Waals surface area contributed by atoms with Crippen molar-refractivity contribution in [1.82, 2.24) is 19.9 Å². The van der Waals surface area contributed by atoms with E-state index in [0.717, 1.165) is 53.9 Å². The lowest BCUT2D eigenvalue weighted by molar-refractivity contribution is 1.30. The lowest BCUT2D eigenvalue weighted by Gasteiger charge is -2.08. The summed E-state index contributed by atoms with van der Waals surface area (Å²) < 4.78 is 0. The summed E-state index contributed by atoms with van der Waals surface area (Å²) in [5.41, 5.74) is 2.23. The number of aromatic nitrogens is 4. The maximum absolute atomic E-state index is 14.2. The number of fused-ring (bicyclic) bond motifs is 16. The van der Waals surface area contributed by atoms with Gasteiger partial charge >= 0.3 is 0 Å². The Labute approximate surface area is 260 Å². The Hall–Kier alpha value is -6.40. The molecule has 216 valence electrons. The molecule has 3 heterocycles. The average Bonchev–Trinajstić information content (AvgIpc) is 3.10. The first-order valence-corrected chi connectivity index (χ1v) is 15.1. The molecule has 4 bridgehead atoms. The van der Waals surface area contributed by atoms with E-state index in [1.807, 2.05) is 133 Å². The number of nitrogens with one attached hydrogen (secondary N) is 2. The Balaban J connectivity index is 1.66. The van der Waals surface area contributed by atoms with Crippen molar-refractivity contribution in [2.75, 3.05) is 0 Å². The van der Waals surface area contributed by atoms with Crippen LogP contribution in [0.15, 0.2) is 143 Å². The maximum atomic E-state index is 14.2. The van der Waals surface area contributed by atoms with Crippen molar-refractivity contribution < 1.29 is 0 Å². The van der Waals surface area contributed by atoms with Crippen LogP contribution in [0.4, 0.5) is 0 Å². The number of pyridine rings is 2. The first-order valence-electron chi connectivity index (χ1n) is 15.1. The van der Waals surface area contributed by atoms with Crippen LogP contribution in [0.25, 0.3) is 87.0 Å². The number of benzene rings is 6. The smallest absolute Gasteiger partial charge is 0.274 e. The van der Waals surface area contributed by atoms with Gasteiger partial charge in [-0.1, -0.05) is 109 Å². The van der Waals surface area contributed by atoms with Gasteiger partial charge in [0.1, 0.15) is 11.0 Å². The van der Waals surface area contributed by atoms with Crippen LogP contribution >= 0.6 is 0 Å². The predicted molar refractivity (Wildman–Crippen MR) is 190 cm³/mol. The topological polar surface area (TPSA) is 91.5 Å². The van der Waals surface area contributed by atoms with Gasteiger partial charge < -0.3 is 9.97 Å². The highest BCUT2D eigenvalue weighted by Gasteiger charge is 2.11. The second-order valence-electron chi connectivity index (χ2n) is 11.5. The largest absolute Gasteiger partial charge is 0.320 e. The summed E-state index contributed by atoms with van der Waals surface area (Å²) >= 11 is 0. The van der Waals surface area contributed by atoms with Gasteiger partial charge in [-0.2, -0.15) is 0 Å². The Bertz CT molecular complexity index is 2770. The second kappa shape index (κ2) is 10.1. The highest BCUT2D eigenvalue weighted by molar-refractivity contribution is 6.21. The molecule has 0 saturated carbocycles. The quantitative estimate of drug-likeness (QED) is 0.184. The van der Waals surface area contributed by atoms with Crippen molar-refractivity contribution >= 4 is 87.0 Å². The molecule has 6 aromatic carbocycles. The molecule has 0 aliphatic rings. The van der Waals surface area contributed by atoms with Crippen molar-refractivity contribution in [3.8, 4) is 0 Å². The average molecular weight is 593 g/mol. The fraction of sp³-hybridized carbons (Fsp3) is 0. The third-order valence-electron chi connectivity index (χ3n) is 8.77. The van der Waals surface area contributed by atoms with E-state index in [-0.39, 0.29) is 22.2 Å². The number of H-pyrrole nitrogens is 2. The highest BCUT2D eigenvalue weighted by atomic mass is 16.1. The molecule has 0 amide bonds. The van der Waals surface area contributed by atoms with E-state index in [4.69, 9.17) is 9.97 Å². The zero-order chi connectivity index (χ0) is 30.8. The summed E-state index contributed by atoms with van der Waals surface area (Å²) in [4.78, 5) is 44.9. The Morgan fingerprint density at radius 3 is 1.20 bits per heavy atom. The molecule has 6 heteroatoms. The molecule has 2 N–H and O–H groups in total. The zero-order valence-electron chi connectivity index (χ0n) is 24.4. The standard InChI is InChI=1S/C40H24N4O2/c45-39-34-22-26-12-4-8-16-30(26)38(42-34)36-28-14-6-2-10-24(28)18-20-32(36)44-40(46)33-21-25-11-3-7-15-29(25)37(41-33)35-27-13-5-1-9-23(27)17-19-31(35)43-39/h1-22H,(H,43,45)(H,44,46). The number of nitrogens with zero attached hydrogens (tertiary/aromatic N) is 2. The summed E-state index contributed by atoms with van der Waals surface area (Å²) in [7, 11) is 0. The van der Waals surface area contributed by atoms with Crippen molar-refractivity contribution in [2.45, 2.75) is 0 Å². The SMILES string of the molecule is O=c1[nH]c2ccc3ccccc3c2c2nc(cc3ccccc32)c(=O)[nH]c2ccc3ccccc3c2c2nc1cc1ccccc12. The van der Waals surface area contributed by atoms with Crippen LogP contribution in [0.5, 0.6) is 0 Å². The van der Waals surface area contributed by atoms with Crippen molar-refractivity contribution in [1.29, 1.82) is 0 Å². The second-order valence-corrected chi connectivity index (χ2v) is 11.5. The first-order chi connectivity index (χ1) is 22.6. The van der Waals surface area contributed by atoms with E-state index in [0.29, 0.717) is 22.1 Å². The normalized spacial score (nSPS) is 11.7. The molecule has 0 radical (unpaired) electrons. The predicted octanol–water partition coefficient (Wildman–Crippen LogP) is 8.77. The molecular weight excluding hydrogens is 568 g/mol. The van der Waals surface area contributed by atoms with E-state index in [2.05, 4.69) is 9.97 Å². The lowest BCUT2D eigenvalue weighted by Crippen LogP contribution is -2.07. The Morgan fingerprint density at radius 1 is 0.391 bits per heavy atom. The summed E-state index contributed by atoms with van der Waals surface area (Å²) in [5, 5.41) is 8.75. The fourth-order valence-corrected chi connectivity index (χ4v) is 6.65. The van der Waals surface area contributed by atoms with Crippen LogP contribution in [-0.4, -0.2) is 19.9 Å². The fourth-order valence-electron chi connectivity index (χ4n) is 6.65. The number of aromatic amines is 2. The molecule has 0 fully saturated rings. The van der Waals surface area contributed by atoms with Gasteiger partial charge in [0, 0.05) is 21.5 Å². The van der Waals surface area contributed by atoms with E-state index >= 15 is 0 Å². The van der Waals surface area contributed by atoms with Crippen LogP contribution in [0, 0.1) is 0 Å². The zero-order valence-corrected chi connectivity index (χ0v) is 24.4. The molecule has 0 saturated heterocycles. The molecule has 0 unspecified atom stereocenters. The van der Waals surface area contributed by atoms with Gasteiger partial charge in [-0.3, -0.25) is 9.59 Å². The Morgan fingerprint density at radius 2 is 0.761 bits per heavy atom. The van der Waals surface area contributed by atoms with Crippen LogP contribution in [-0.2, 0) is 0 Å². The molecule has 0 aliphatic heterocycles. The van der Waals surface area contributed by atoms with Gasteiger partial charge in [-0.25, -0.2) is 9.97 Å². The van der Waals surface area contributed by atoms with Crippen molar-refractivity contribution in [3.05, 3.63) is 154 Å². The van der Waals surface area contributed by atoms with Gasteiger partial charge in [0.25, 0.3) is 11.1 Å². The van der Waals surface area contributed by atoms with E-state index in [9.17, 15) is 9.59 Å². The minimum absolute atomic E-state index is 0.265. The summed E-state index contributed by atoms with van der Waals surface area (Å²) in [6.45, 7) is 0. The third kappa shape index (κ3) is 4.04. The van der Waals surface area contributed by atoms with E-state index in [1.165, 1.54) is 0 Å². The minimum Gasteiger partial charge on any atom is -0.320 e. The number of hydrogen-bond acceptors (Lipinski definition) is 4. The number of hydrogen-bond donors (Lipinski definition) is 2. The molecule has 0 aliphatic carbocycles. The monoisotopic (exact) mass is 592 g/mol. The molecule has 9 rings (SSSR count). The summed E-state index contributed by atoms with van der Waals surface area (Å²) in [5.74, 6) is 0. The van der Waals surface area contributed by atoms with Crippen LogP contribution < -0.4 is 11.1 Å². The van der Waals surface area contributed by atoms with E-state index in [1.54, 1.807) is 0 Å². The van der Waals surface area contributed by atoms with E-state index < -0.39 is 0 Å². The maximum Gasteiger partial charge on any atom is 0.274 e. The van der Waals surface area contributed by atoms with Crippen molar-refractivity contribution in [3.63, 3.8) is 0 Å². The molecule has 0 atom stereocenters. The lowest BCUT2D eigenvalue weighted by atomic mass is 10.0. The van der Waals surface area contributed by atoms with Crippen LogP contribution in [0.3, 0.4) is 0 Å². The van der Waals surface area contributed by atoms with Gasteiger partial charge in [0.2, 0.25) is 0 Å². The Kier molecular flexibility index (Phi) is 5.70. The van der Waals surface area contributed by atoms with Gasteiger partial charge in [-0.05, 0) is 56.6 Å².